The number of esters is 2. The van der Waals surface area contributed by atoms with Gasteiger partial charge in [0.05, 0.1) is 25.4 Å². The van der Waals surface area contributed by atoms with Crippen LogP contribution >= 0.6 is 0 Å². The van der Waals surface area contributed by atoms with Crippen LogP contribution in [0.2, 0.25) is 0 Å². The molecule has 6 heteroatoms. The van der Waals surface area contributed by atoms with Crippen molar-refractivity contribution in [3.8, 4) is 0 Å². The molecule has 0 radical (unpaired) electrons. The van der Waals surface area contributed by atoms with Crippen LogP contribution in [0.3, 0.4) is 0 Å². The molecule has 1 fully saturated rings. The maximum Gasteiger partial charge on any atom is 0.338 e. The largest absolute Gasteiger partial charge is 0.465 e. The van der Waals surface area contributed by atoms with E-state index in [1.807, 2.05) is 84.9 Å². The zero-order valence-electron chi connectivity index (χ0n) is 19.8. The first-order valence-electron chi connectivity index (χ1n) is 11.8. The Hall–Kier alpha value is -4.00. The summed E-state index contributed by atoms with van der Waals surface area (Å²) >= 11 is 0. The summed E-state index contributed by atoms with van der Waals surface area (Å²) < 4.78 is 10.1. The number of rotatable bonds is 4. The predicted octanol–water partition coefficient (Wildman–Crippen LogP) is 4.59. The van der Waals surface area contributed by atoms with Crippen LogP contribution in [-0.4, -0.2) is 26.2 Å². The van der Waals surface area contributed by atoms with Crippen molar-refractivity contribution in [2.75, 3.05) is 14.2 Å². The molecule has 0 amide bonds. The summed E-state index contributed by atoms with van der Waals surface area (Å²) in [5.74, 6) is -2.02. The van der Waals surface area contributed by atoms with E-state index in [9.17, 15) is 9.59 Å². The molecule has 180 valence electrons. The van der Waals surface area contributed by atoms with Crippen LogP contribution in [0.5, 0.6) is 0 Å². The van der Waals surface area contributed by atoms with Crippen LogP contribution in [0.15, 0.2) is 108 Å². The highest BCUT2D eigenvalue weighted by molar-refractivity contribution is 6.07. The predicted molar refractivity (Wildman–Crippen MR) is 130 cm³/mol. The molecule has 0 saturated carbocycles. The third-order valence-electron chi connectivity index (χ3n) is 7.56. The lowest BCUT2D eigenvalue weighted by Gasteiger charge is -2.60. The van der Waals surface area contributed by atoms with Crippen molar-refractivity contribution >= 4 is 11.9 Å². The number of fused-ring (bicyclic) bond motifs is 1. The van der Waals surface area contributed by atoms with Crippen molar-refractivity contribution < 1.29 is 28.8 Å². The van der Waals surface area contributed by atoms with E-state index in [1.54, 1.807) is 12.2 Å². The van der Waals surface area contributed by atoms with Gasteiger partial charge in [0, 0.05) is 11.8 Å². The van der Waals surface area contributed by atoms with E-state index in [1.165, 1.54) is 14.2 Å². The van der Waals surface area contributed by atoms with Crippen molar-refractivity contribution in [2.24, 2.45) is 11.8 Å². The van der Waals surface area contributed by atoms with E-state index in [0.29, 0.717) is 0 Å². The van der Waals surface area contributed by atoms with E-state index in [2.05, 4.69) is 0 Å². The zero-order chi connectivity index (χ0) is 24.9. The minimum absolute atomic E-state index is 0.151. The van der Waals surface area contributed by atoms with Gasteiger partial charge in [0.15, 0.2) is 11.2 Å². The fourth-order valence-electron chi connectivity index (χ4n) is 6.05. The van der Waals surface area contributed by atoms with Crippen molar-refractivity contribution in [3.63, 3.8) is 0 Å². The summed E-state index contributed by atoms with van der Waals surface area (Å²) in [5, 5.41) is 0. The number of ether oxygens (including phenoxy) is 2. The Morgan fingerprint density at radius 2 is 0.972 bits per heavy atom. The Labute approximate surface area is 208 Å². The Morgan fingerprint density at radius 3 is 1.33 bits per heavy atom. The smallest absolute Gasteiger partial charge is 0.338 e. The first-order chi connectivity index (χ1) is 17.6. The van der Waals surface area contributed by atoms with Gasteiger partial charge in [-0.3, -0.25) is 0 Å². The molecule has 6 nitrogen and oxygen atoms in total. The first-order valence-corrected chi connectivity index (χ1v) is 11.8. The highest BCUT2D eigenvalue weighted by Gasteiger charge is 2.67. The highest BCUT2D eigenvalue weighted by Crippen LogP contribution is 2.65. The normalized spacial score (nSPS) is 27.7. The minimum Gasteiger partial charge on any atom is -0.465 e. The molecule has 0 spiro atoms. The summed E-state index contributed by atoms with van der Waals surface area (Å²) in [6.07, 6.45) is 3.60. The zero-order valence-corrected chi connectivity index (χ0v) is 19.8. The van der Waals surface area contributed by atoms with E-state index in [4.69, 9.17) is 19.2 Å². The van der Waals surface area contributed by atoms with Gasteiger partial charge in [0.25, 0.3) is 0 Å². The molecule has 4 aliphatic rings. The van der Waals surface area contributed by atoms with Gasteiger partial charge >= 0.3 is 11.9 Å². The average molecular weight is 481 g/mol. The number of methoxy groups -OCH3 is 2. The van der Waals surface area contributed by atoms with E-state index >= 15 is 0 Å². The van der Waals surface area contributed by atoms with E-state index < -0.39 is 35.0 Å². The van der Waals surface area contributed by atoms with Crippen molar-refractivity contribution in [1.82, 2.24) is 0 Å². The lowest BCUT2D eigenvalue weighted by Crippen LogP contribution is -2.62. The van der Waals surface area contributed by atoms with Crippen molar-refractivity contribution in [3.05, 3.63) is 130 Å². The summed E-state index contributed by atoms with van der Waals surface area (Å²) in [6, 6.07) is 27.7. The fourth-order valence-corrected chi connectivity index (χ4v) is 6.05. The standard InChI is InChI=1S/C30H24O6/c1-33-27(31)21-17-25-26(18-22(21)28(32)34-2)30(20-13-7-4-8-14-20)24-16-10-9-15-23(24)29(25,35-36-30)19-11-5-3-6-12-19/h3-18,25-26H,1-2H3. The van der Waals surface area contributed by atoms with Gasteiger partial charge in [-0.15, -0.1) is 0 Å². The number of benzene rings is 3. The van der Waals surface area contributed by atoms with Crippen LogP contribution in [0.1, 0.15) is 22.3 Å². The van der Waals surface area contributed by atoms with E-state index in [-0.39, 0.29) is 11.1 Å². The molecule has 7 rings (SSSR count). The number of carbonyl (C=O) groups is 2. The molecule has 4 atom stereocenters. The van der Waals surface area contributed by atoms with Gasteiger partial charge in [-0.25, -0.2) is 19.4 Å². The van der Waals surface area contributed by atoms with E-state index in [0.717, 1.165) is 22.3 Å². The van der Waals surface area contributed by atoms with Gasteiger partial charge < -0.3 is 9.47 Å². The Balaban J connectivity index is 1.72. The molecule has 1 saturated heterocycles. The van der Waals surface area contributed by atoms with Gasteiger partial charge in [-0.1, -0.05) is 97.1 Å². The average Bonchev–Trinajstić information content (AvgIpc) is 2.96. The molecular weight excluding hydrogens is 456 g/mol. The van der Waals surface area contributed by atoms with Crippen LogP contribution in [0.25, 0.3) is 0 Å². The summed E-state index contributed by atoms with van der Waals surface area (Å²) in [7, 11) is 2.59. The molecule has 2 aliphatic heterocycles. The quantitative estimate of drug-likeness (QED) is 0.402. The molecule has 3 aromatic rings. The van der Waals surface area contributed by atoms with Crippen LogP contribution in [0, 0.1) is 11.8 Å². The fraction of sp³-hybridized carbons (Fsp3) is 0.200. The molecule has 0 N–H and O–H groups in total. The minimum atomic E-state index is -1.06. The molecule has 2 heterocycles. The number of hydrogen-bond acceptors (Lipinski definition) is 6. The van der Waals surface area contributed by atoms with Crippen molar-refractivity contribution in [1.29, 1.82) is 0 Å². The van der Waals surface area contributed by atoms with Gasteiger partial charge in [0.1, 0.15) is 0 Å². The molecule has 4 unspecified atom stereocenters. The second-order valence-electron chi connectivity index (χ2n) is 9.11. The SMILES string of the molecule is COC(=O)C1=CC2C(C=C1C(=O)OC)C1(c3ccccc3)OOC2(c2ccccc2)c2ccccc21. The molecular formula is C30H24O6. The second kappa shape index (κ2) is 8.29. The second-order valence-corrected chi connectivity index (χ2v) is 9.11. The Morgan fingerprint density at radius 1 is 0.611 bits per heavy atom. The third kappa shape index (κ3) is 2.86. The van der Waals surface area contributed by atoms with Crippen LogP contribution in [-0.2, 0) is 40.0 Å². The lowest BCUT2D eigenvalue weighted by molar-refractivity contribution is -0.464. The summed E-state index contributed by atoms with van der Waals surface area (Å²) in [6.45, 7) is 0. The monoisotopic (exact) mass is 480 g/mol. The number of carbonyl (C=O) groups excluding carboxylic acids is 2. The molecule has 2 bridgehead atoms. The van der Waals surface area contributed by atoms with Gasteiger partial charge in [0.2, 0.25) is 0 Å². The molecule has 3 aromatic carbocycles. The number of hydrogen-bond donors (Lipinski definition) is 0. The molecule has 36 heavy (non-hydrogen) atoms. The molecule has 2 aliphatic carbocycles. The Kier molecular flexibility index (Phi) is 5.18. The first kappa shape index (κ1) is 22.5. The van der Waals surface area contributed by atoms with Crippen LogP contribution in [0.4, 0.5) is 0 Å². The topological polar surface area (TPSA) is 71.1 Å². The van der Waals surface area contributed by atoms with Crippen molar-refractivity contribution in [2.45, 2.75) is 11.2 Å². The van der Waals surface area contributed by atoms with Gasteiger partial charge in [-0.2, -0.15) is 0 Å². The van der Waals surface area contributed by atoms with Crippen LogP contribution < -0.4 is 0 Å². The maximum absolute atomic E-state index is 12.9. The maximum atomic E-state index is 12.9. The lowest BCUT2D eigenvalue weighted by atomic mass is 9.53. The highest BCUT2D eigenvalue weighted by atomic mass is 17.2. The Bertz CT molecular complexity index is 1300. The summed E-state index contributed by atoms with van der Waals surface area (Å²) in [5.41, 5.74) is 1.84. The summed E-state index contributed by atoms with van der Waals surface area (Å²) in [4.78, 5) is 38.7. The third-order valence-corrected chi connectivity index (χ3v) is 7.56. The van der Waals surface area contributed by atoms with Gasteiger partial charge in [-0.05, 0) is 22.3 Å². The molecule has 0 aromatic heterocycles.